The van der Waals surface area contributed by atoms with Crippen molar-refractivity contribution in [1.29, 1.82) is 0 Å². The molecule has 0 aliphatic carbocycles. The minimum absolute atomic E-state index is 0.166. The number of benzene rings is 1. The zero-order valence-electron chi connectivity index (χ0n) is 11.5. The molecule has 0 bridgehead atoms. The molecular weight excluding hydrogens is 256 g/mol. The first-order chi connectivity index (χ1) is 9.76. The lowest BCUT2D eigenvalue weighted by molar-refractivity contribution is 0.102. The van der Waals surface area contributed by atoms with E-state index in [0.717, 1.165) is 0 Å². The Kier molecular flexibility index (Phi) is 4.65. The summed E-state index contributed by atoms with van der Waals surface area (Å²) in [4.78, 5) is 20.2. The number of nitrogens with zero attached hydrogens (tertiary/aromatic N) is 2. The van der Waals surface area contributed by atoms with Gasteiger partial charge in [0.1, 0.15) is 0 Å². The molecule has 5 heteroatoms. The van der Waals surface area contributed by atoms with E-state index in [2.05, 4.69) is 9.97 Å². The Hall–Kier alpha value is -2.43. The molecule has 1 aromatic heterocycles. The molecule has 0 saturated carbocycles. The van der Waals surface area contributed by atoms with Crippen molar-refractivity contribution in [2.24, 2.45) is 0 Å². The van der Waals surface area contributed by atoms with Crippen molar-refractivity contribution >= 4 is 5.78 Å². The molecule has 104 valence electrons. The lowest BCUT2D eigenvalue weighted by atomic mass is 10.1. The third kappa shape index (κ3) is 3.12. The summed E-state index contributed by atoms with van der Waals surface area (Å²) in [6, 6.07) is 6.74. The van der Waals surface area contributed by atoms with E-state index in [1.54, 1.807) is 24.3 Å². The molecule has 0 aliphatic rings. The van der Waals surface area contributed by atoms with Crippen molar-refractivity contribution in [3.8, 4) is 11.5 Å². The molecule has 2 aromatic rings. The Labute approximate surface area is 117 Å². The van der Waals surface area contributed by atoms with E-state index in [1.807, 2.05) is 13.8 Å². The molecule has 0 amide bonds. The van der Waals surface area contributed by atoms with Crippen molar-refractivity contribution in [3.63, 3.8) is 0 Å². The molecule has 0 N–H and O–H groups in total. The van der Waals surface area contributed by atoms with Crippen LogP contribution in [0.4, 0.5) is 0 Å². The van der Waals surface area contributed by atoms with Crippen LogP contribution in [0.25, 0.3) is 0 Å². The van der Waals surface area contributed by atoms with E-state index in [4.69, 9.17) is 9.47 Å². The summed E-state index contributed by atoms with van der Waals surface area (Å²) >= 11 is 0. The van der Waals surface area contributed by atoms with Crippen LogP contribution in [0.1, 0.15) is 30.0 Å². The van der Waals surface area contributed by atoms with Gasteiger partial charge in [0, 0.05) is 18.0 Å². The molecule has 2 rings (SSSR count). The Morgan fingerprint density at radius 3 is 2.35 bits per heavy atom. The third-order valence-electron chi connectivity index (χ3n) is 2.57. The summed E-state index contributed by atoms with van der Waals surface area (Å²) in [5, 5.41) is 0. The first kappa shape index (κ1) is 14.0. The topological polar surface area (TPSA) is 61.3 Å². The van der Waals surface area contributed by atoms with Crippen LogP contribution >= 0.6 is 0 Å². The van der Waals surface area contributed by atoms with Gasteiger partial charge in [0.15, 0.2) is 11.5 Å². The monoisotopic (exact) mass is 272 g/mol. The van der Waals surface area contributed by atoms with E-state index in [0.29, 0.717) is 30.3 Å². The Bertz CT molecular complexity index is 585. The third-order valence-corrected chi connectivity index (χ3v) is 2.57. The van der Waals surface area contributed by atoms with Gasteiger partial charge in [-0.2, -0.15) is 0 Å². The molecular formula is C15H16N2O3. The van der Waals surface area contributed by atoms with Gasteiger partial charge in [-0.1, -0.05) is 0 Å². The van der Waals surface area contributed by atoms with E-state index in [-0.39, 0.29) is 11.6 Å². The lowest BCUT2D eigenvalue weighted by Crippen LogP contribution is -2.07. The van der Waals surface area contributed by atoms with Crippen LogP contribution in [0.3, 0.4) is 0 Å². The lowest BCUT2D eigenvalue weighted by Gasteiger charge is -2.11. The van der Waals surface area contributed by atoms with E-state index < -0.39 is 0 Å². The average Bonchev–Trinajstić information content (AvgIpc) is 2.50. The number of rotatable bonds is 6. The fourth-order valence-corrected chi connectivity index (χ4v) is 1.74. The highest BCUT2D eigenvalue weighted by Gasteiger charge is 2.15. The summed E-state index contributed by atoms with van der Waals surface area (Å²) in [5.74, 6) is 1.10. The van der Waals surface area contributed by atoms with E-state index in [1.165, 1.54) is 12.4 Å². The average molecular weight is 272 g/mol. The fraction of sp³-hybridized carbons (Fsp3) is 0.267. The Morgan fingerprint density at radius 2 is 1.70 bits per heavy atom. The second-order valence-corrected chi connectivity index (χ2v) is 3.93. The number of ether oxygens (including phenoxy) is 2. The van der Waals surface area contributed by atoms with Crippen LogP contribution in [0.2, 0.25) is 0 Å². The summed E-state index contributed by atoms with van der Waals surface area (Å²) in [5.41, 5.74) is 0.475. The normalized spacial score (nSPS) is 10.1. The summed E-state index contributed by atoms with van der Waals surface area (Å²) in [6.45, 7) is 4.81. The number of hydrogen-bond acceptors (Lipinski definition) is 5. The predicted octanol–water partition coefficient (Wildman–Crippen LogP) is 2.51. The SMILES string of the molecule is CCOc1ccc(C(=O)c2ncccn2)cc1OCC. The molecule has 0 saturated heterocycles. The maximum Gasteiger partial charge on any atom is 0.230 e. The Balaban J connectivity index is 2.33. The molecule has 0 fully saturated rings. The number of aromatic nitrogens is 2. The van der Waals surface area contributed by atoms with Gasteiger partial charge in [0.25, 0.3) is 0 Å². The van der Waals surface area contributed by atoms with Gasteiger partial charge in [-0.05, 0) is 38.1 Å². The van der Waals surface area contributed by atoms with Crippen LogP contribution in [-0.2, 0) is 0 Å². The largest absolute Gasteiger partial charge is 0.490 e. The van der Waals surface area contributed by atoms with Crippen molar-refractivity contribution in [2.75, 3.05) is 13.2 Å². The van der Waals surface area contributed by atoms with Gasteiger partial charge in [0.2, 0.25) is 11.6 Å². The van der Waals surface area contributed by atoms with Crippen LogP contribution in [0.5, 0.6) is 11.5 Å². The minimum Gasteiger partial charge on any atom is -0.490 e. The fourth-order valence-electron chi connectivity index (χ4n) is 1.74. The van der Waals surface area contributed by atoms with Gasteiger partial charge >= 0.3 is 0 Å². The molecule has 1 aromatic carbocycles. The molecule has 0 radical (unpaired) electrons. The van der Waals surface area contributed by atoms with Crippen LogP contribution in [0.15, 0.2) is 36.7 Å². The molecule has 0 aliphatic heterocycles. The van der Waals surface area contributed by atoms with Crippen molar-refractivity contribution in [1.82, 2.24) is 9.97 Å². The van der Waals surface area contributed by atoms with Crippen molar-refractivity contribution < 1.29 is 14.3 Å². The number of carbonyl (C=O) groups is 1. The summed E-state index contributed by atoms with van der Waals surface area (Å²) in [6.07, 6.45) is 3.08. The van der Waals surface area contributed by atoms with Gasteiger partial charge in [-0.3, -0.25) is 4.79 Å². The zero-order valence-corrected chi connectivity index (χ0v) is 11.5. The Morgan fingerprint density at radius 1 is 1.05 bits per heavy atom. The molecule has 0 spiro atoms. The minimum atomic E-state index is -0.241. The standard InChI is InChI=1S/C15H16N2O3/c1-3-19-12-7-6-11(10-13(12)20-4-2)14(18)15-16-8-5-9-17-15/h5-10H,3-4H2,1-2H3. The second kappa shape index (κ2) is 6.65. The van der Waals surface area contributed by atoms with Crippen LogP contribution in [-0.4, -0.2) is 29.0 Å². The first-order valence-electron chi connectivity index (χ1n) is 6.47. The molecule has 1 heterocycles. The van der Waals surface area contributed by atoms with Gasteiger partial charge in [-0.25, -0.2) is 9.97 Å². The van der Waals surface area contributed by atoms with Crippen molar-refractivity contribution in [2.45, 2.75) is 13.8 Å². The van der Waals surface area contributed by atoms with E-state index in [9.17, 15) is 4.79 Å². The number of carbonyl (C=O) groups excluding carboxylic acids is 1. The first-order valence-corrected chi connectivity index (χ1v) is 6.47. The van der Waals surface area contributed by atoms with Crippen LogP contribution < -0.4 is 9.47 Å². The van der Waals surface area contributed by atoms with E-state index >= 15 is 0 Å². The van der Waals surface area contributed by atoms with Gasteiger partial charge in [0.05, 0.1) is 13.2 Å². The second-order valence-electron chi connectivity index (χ2n) is 3.93. The van der Waals surface area contributed by atoms with Gasteiger partial charge in [-0.15, -0.1) is 0 Å². The quantitative estimate of drug-likeness (QED) is 0.756. The number of ketones is 1. The molecule has 5 nitrogen and oxygen atoms in total. The molecule has 20 heavy (non-hydrogen) atoms. The van der Waals surface area contributed by atoms with Gasteiger partial charge < -0.3 is 9.47 Å². The summed E-state index contributed by atoms with van der Waals surface area (Å²) < 4.78 is 11.0. The molecule has 0 atom stereocenters. The summed E-state index contributed by atoms with van der Waals surface area (Å²) in [7, 11) is 0. The zero-order chi connectivity index (χ0) is 14.4. The van der Waals surface area contributed by atoms with Crippen molar-refractivity contribution in [3.05, 3.63) is 48.0 Å². The maximum atomic E-state index is 12.3. The highest BCUT2D eigenvalue weighted by molar-refractivity contribution is 6.06. The van der Waals surface area contributed by atoms with Crippen LogP contribution in [0, 0.1) is 0 Å². The highest BCUT2D eigenvalue weighted by Crippen LogP contribution is 2.29. The maximum absolute atomic E-state index is 12.3. The number of hydrogen-bond donors (Lipinski definition) is 0. The smallest absolute Gasteiger partial charge is 0.230 e. The molecule has 0 unspecified atom stereocenters. The highest BCUT2D eigenvalue weighted by atomic mass is 16.5. The predicted molar refractivity (Wildman–Crippen MR) is 74.2 cm³/mol.